The molecular weight excluding hydrogens is 449 g/mol. The molecule has 7 nitrogen and oxygen atoms in total. The van der Waals surface area contributed by atoms with Crippen LogP contribution in [0, 0.1) is 12.7 Å². The molecule has 5 aromatic rings. The number of nitrogens with one attached hydrogen (secondary N) is 1. The average Bonchev–Trinajstić information content (AvgIpc) is 3.22. The highest BCUT2D eigenvalue weighted by atomic mass is 19.1. The molecule has 1 N–H and O–H groups in total. The van der Waals surface area contributed by atoms with Gasteiger partial charge in [0.05, 0.1) is 11.4 Å². The Morgan fingerprint density at radius 1 is 0.971 bits per heavy atom. The number of halogens is 1. The van der Waals surface area contributed by atoms with E-state index in [-0.39, 0.29) is 22.7 Å². The Morgan fingerprint density at radius 2 is 1.74 bits per heavy atom. The second-order valence-electron chi connectivity index (χ2n) is 7.90. The largest absolute Gasteiger partial charge is 0.450 e. The number of furan rings is 1. The van der Waals surface area contributed by atoms with Crippen LogP contribution < -0.4 is 10.7 Å². The first kappa shape index (κ1) is 22.0. The summed E-state index contributed by atoms with van der Waals surface area (Å²) in [5, 5.41) is 7.33. The van der Waals surface area contributed by atoms with Crippen molar-refractivity contribution < 1.29 is 18.4 Å². The lowest BCUT2D eigenvalue weighted by Gasteiger charge is -2.09. The molecule has 0 aliphatic carbocycles. The van der Waals surface area contributed by atoms with Crippen molar-refractivity contribution in [2.24, 2.45) is 0 Å². The quantitative estimate of drug-likeness (QED) is 0.371. The van der Waals surface area contributed by atoms with E-state index in [4.69, 9.17) is 4.42 Å². The van der Waals surface area contributed by atoms with E-state index in [1.807, 2.05) is 25.1 Å². The second-order valence-corrected chi connectivity index (χ2v) is 7.90. The van der Waals surface area contributed by atoms with Crippen LogP contribution in [0.5, 0.6) is 0 Å². The number of benzene rings is 3. The van der Waals surface area contributed by atoms with E-state index in [2.05, 4.69) is 10.4 Å². The van der Waals surface area contributed by atoms with E-state index in [0.29, 0.717) is 16.7 Å². The molecule has 8 heteroatoms. The summed E-state index contributed by atoms with van der Waals surface area (Å²) in [7, 11) is 0. The molecule has 3 aromatic carbocycles. The van der Waals surface area contributed by atoms with Gasteiger partial charge in [0.25, 0.3) is 5.91 Å². The van der Waals surface area contributed by atoms with Crippen molar-refractivity contribution in [2.75, 3.05) is 5.32 Å². The number of aryl methyl sites for hydroxylation is 1. The van der Waals surface area contributed by atoms with Crippen LogP contribution in [-0.2, 0) is 0 Å². The molecule has 2 heterocycles. The number of para-hydroxylation sites is 1. The summed E-state index contributed by atoms with van der Waals surface area (Å²) < 4.78 is 20.5. The van der Waals surface area contributed by atoms with Crippen LogP contribution in [0.4, 0.5) is 10.1 Å². The second kappa shape index (κ2) is 8.83. The minimum absolute atomic E-state index is 0.104. The van der Waals surface area contributed by atoms with Gasteiger partial charge in [0.15, 0.2) is 11.5 Å². The molecule has 0 fully saturated rings. The molecule has 172 valence electrons. The monoisotopic (exact) mass is 467 g/mol. The molecule has 0 aliphatic heterocycles. The van der Waals surface area contributed by atoms with Gasteiger partial charge in [0.1, 0.15) is 11.4 Å². The molecule has 0 spiro atoms. The lowest BCUT2D eigenvalue weighted by atomic mass is 10.1. The Balaban J connectivity index is 1.56. The number of rotatable bonds is 5. The normalized spacial score (nSPS) is 10.9. The fourth-order valence-electron chi connectivity index (χ4n) is 3.71. The number of hydrogen-bond donors (Lipinski definition) is 1. The molecule has 0 saturated heterocycles. The Kier molecular flexibility index (Phi) is 5.54. The maximum Gasteiger partial charge on any atom is 0.280 e. The summed E-state index contributed by atoms with van der Waals surface area (Å²) in [6.07, 6.45) is 1.48. The highest BCUT2D eigenvalue weighted by Crippen LogP contribution is 2.32. The lowest BCUT2D eigenvalue weighted by Crippen LogP contribution is -2.26. The molecule has 0 unspecified atom stereocenters. The summed E-state index contributed by atoms with van der Waals surface area (Å²) in [6.45, 7) is 1.92. The van der Waals surface area contributed by atoms with Gasteiger partial charge in [-0.05, 0) is 61.0 Å². The van der Waals surface area contributed by atoms with Crippen molar-refractivity contribution in [1.82, 2.24) is 9.78 Å². The molecular formula is C27H18FN3O4. The van der Waals surface area contributed by atoms with Crippen LogP contribution in [-0.4, -0.2) is 21.5 Å². The number of aromatic nitrogens is 2. The first-order chi connectivity index (χ1) is 16.9. The zero-order valence-corrected chi connectivity index (χ0v) is 18.5. The van der Waals surface area contributed by atoms with Crippen molar-refractivity contribution in [2.45, 2.75) is 6.92 Å². The minimum atomic E-state index is -0.795. The SMILES string of the molecule is Cc1cccc(-n2ccc(=O)c(C(=O)Nc3c(C(=O)c4ccc(F)cc4)oc4ccccc34)n2)c1. The third-order valence-electron chi connectivity index (χ3n) is 5.44. The number of carbonyl (C=O) groups excluding carboxylic acids is 2. The van der Waals surface area contributed by atoms with E-state index in [0.717, 1.165) is 17.7 Å². The molecule has 0 radical (unpaired) electrons. The van der Waals surface area contributed by atoms with Gasteiger partial charge in [-0.25, -0.2) is 9.07 Å². The van der Waals surface area contributed by atoms with Gasteiger partial charge in [-0.2, -0.15) is 5.10 Å². The fourth-order valence-corrected chi connectivity index (χ4v) is 3.71. The van der Waals surface area contributed by atoms with Crippen molar-refractivity contribution >= 4 is 28.3 Å². The van der Waals surface area contributed by atoms with E-state index in [9.17, 15) is 18.8 Å². The molecule has 5 rings (SSSR count). The molecule has 35 heavy (non-hydrogen) atoms. The number of nitrogens with zero attached hydrogens (tertiary/aromatic N) is 2. The summed E-state index contributed by atoms with van der Waals surface area (Å²) in [6, 6.07) is 20.4. The summed E-state index contributed by atoms with van der Waals surface area (Å²) in [5.41, 5.74) is 1.40. The van der Waals surface area contributed by atoms with Crippen LogP contribution >= 0.6 is 0 Å². The van der Waals surface area contributed by atoms with Gasteiger partial charge in [-0.3, -0.25) is 14.4 Å². The highest BCUT2D eigenvalue weighted by Gasteiger charge is 2.25. The number of anilines is 1. The van der Waals surface area contributed by atoms with E-state index in [1.54, 1.807) is 30.3 Å². The van der Waals surface area contributed by atoms with Crippen molar-refractivity contribution in [3.05, 3.63) is 124 Å². The Labute approximate surface area is 198 Å². The average molecular weight is 467 g/mol. The topological polar surface area (TPSA) is 94.2 Å². The molecule has 1 amide bonds. The predicted molar refractivity (Wildman–Crippen MR) is 129 cm³/mol. The first-order valence-corrected chi connectivity index (χ1v) is 10.7. The van der Waals surface area contributed by atoms with Gasteiger partial charge >= 0.3 is 0 Å². The molecule has 0 bridgehead atoms. The summed E-state index contributed by atoms with van der Waals surface area (Å²) in [4.78, 5) is 38.9. The molecule has 2 aromatic heterocycles. The zero-order valence-electron chi connectivity index (χ0n) is 18.5. The van der Waals surface area contributed by atoms with Crippen molar-refractivity contribution in [1.29, 1.82) is 0 Å². The standard InChI is InChI=1S/C27H18FN3O4/c1-16-5-4-6-19(15-16)31-14-13-21(32)24(30-31)27(34)29-23-20-7-2-3-8-22(20)35-26(23)25(33)17-9-11-18(28)12-10-17/h2-15H,1H3,(H,29,34). The van der Waals surface area contributed by atoms with E-state index < -0.39 is 22.9 Å². The maximum atomic E-state index is 13.3. The minimum Gasteiger partial charge on any atom is -0.450 e. The summed E-state index contributed by atoms with van der Waals surface area (Å²) in [5.74, 6) is -1.97. The predicted octanol–water partition coefficient (Wildman–Crippen LogP) is 4.91. The van der Waals surface area contributed by atoms with Crippen molar-refractivity contribution in [3.63, 3.8) is 0 Å². The van der Waals surface area contributed by atoms with Crippen LogP contribution in [0.15, 0.2) is 94.3 Å². The zero-order chi connectivity index (χ0) is 24.5. The van der Waals surface area contributed by atoms with Gasteiger partial charge in [0, 0.05) is 23.2 Å². The molecule has 0 saturated carbocycles. The Hall–Kier alpha value is -4.85. The smallest absolute Gasteiger partial charge is 0.280 e. The number of hydrogen-bond acceptors (Lipinski definition) is 5. The highest BCUT2D eigenvalue weighted by molar-refractivity contribution is 6.18. The Morgan fingerprint density at radius 3 is 2.51 bits per heavy atom. The fraction of sp³-hybridized carbons (Fsp3) is 0.0370. The number of carbonyl (C=O) groups is 2. The van der Waals surface area contributed by atoms with E-state index >= 15 is 0 Å². The van der Waals surface area contributed by atoms with Crippen LogP contribution in [0.1, 0.15) is 32.2 Å². The van der Waals surface area contributed by atoms with Crippen LogP contribution in [0.25, 0.3) is 16.7 Å². The third kappa shape index (κ3) is 4.24. The molecule has 0 atom stereocenters. The van der Waals surface area contributed by atoms with Crippen LogP contribution in [0.2, 0.25) is 0 Å². The Bertz CT molecular complexity index is 1650. The van der Waals surface area contributed by atoms with Gasteiger partial charge in [-0.15, -0.1) is 0 Å². The van der Waals surface area contributed by atoms with Crippen molar-refractivity contribution in [3.8, 4) is 5.69 Å². The molecule has 0 aliphatic rings. The maximum absolute atomic E-state index is 13.3. The first-order valence-electron chi connectivity index (χ1n) is 10.7. The number of ketones is 1. The van der Waals surface area contributed by atoms with Gasteiger partial charge < -0.3 is 9.73 Å². The third-order valence-corrected chi connectivity index (χ3v) is 5.44. The number of fused-ring (bicyclic) bond motifs is 1. The lowest BCUT2D eigenvalue weighted by molar-refractivity contribution is 0.101. The van der Waals surface area contributed by atoms with Crippen LogP contribution in [0.3, 0.4) is 0 Å². The summed E-state index contributed by atoms with van der Waals surface area (Å²) >= 11 is 0. The van der Waals surface area contributed by atoms with Gasteiger partial charge in [-0.1, -0.05) is 24.3 Å². The van der Waals surface area contributed by atoms with Gasteiger partial charge in [0.2, 0.25) is 11.2 Å². The number of amides is 1. The van der Waals surface area contributed by atoms with E-state index in [1.165, 1.54) is 29.1 Å².